The lowest BCUT2D eigenvalue weighted by atomic mass is 9.97. The molecule has 1 aromatic carbocycles. The van der Waals surface area contributed by atoms with E-state index >= 15 is 0 Å². The highest BCUT2D eigenvalue weighted by Gasteiger charge is 2.27. The number of H-pyrrole nitrogens is 1. The van der Waals surface area contributed by atoms with Crippen LogP contribution in [0.25, 0.3) is 11.3 Å². The van der Waals surface area contributed by atoms with E-state index in [4.69, 9.17) is 10.7 Å². The molecule has 3 heterocycles. The molecule has 3 aromatic rings. The Bertz CT molecular complexity index is 1070. The number of likely N-dealkylation sites (tertiary alicyclic amines) is 1. The highest BCUT2D eigenvalue weighted by Crippen LogP contribution is 2.29. The number of aryl methyl sites for hydroxylation is 2. The Morgan fingerprint density at radius 1 is 1.26 bits per heavy atom. The van der Waals surface area contributed by atoms with Crippen molar-refractivity contribution in [3.05, 3.63) is 52.4 Å². The largest absolute Gasteiger partial charge is 0.364 e. The minimum Gasteiger partial charge on any atom is -0.364 e. The van der Waals surface area contributed by atoms with Crippen molar-refractivity contribution in [1.29, 1.82) is 0 Å². The smallest absolute Gasteiger partial charge is 0.267 e. The maximum absolute atomic E-state index is 12.5. The number of imidazole rings is 1. The zero-order chi connectivity index (χ0) is 22.0. The van der Waals surface area contributed by atoms with Crippen molar-refractivity contribution in [3.8, 4) is 11.3 Å². The van der Waals surface area contributed by atoms with Gasteiger partial charge in [-0.25, -0.2) is 9.97 Å². The number of rotatable bonds is 6. The van der Waals surface area contributed by atoms with Crippen LogP contribution in [0.15, 0.2) is 30.3 Å². The van der Waals surface area contributed by atoms with Gasteiger partial charge < -0.3 is 16.0 Å². The molecule has 0 spiro atoms. The number of aromatic nitrogens is 3. The van der Waals surface area contributed by atoms with Crippen LogP contribution in [-0.2, 0) is 4.79 Å². The average Bonchev–Trinajstić information content (AvgIpc) is 3.32. The second-order valence-electron chi connectivity index (χ2n) is 7.86. The number of hydrogen-bond acceptors (Lipinski definition) is 6. The van der Waals surface area contributed by atoms with Gasteiger partial charge in [0.1, 0.15) is 17.2 Å². The highest BCUT2D eigenvalue weighted by atomic mass is 32.1. The number of aromatic amines is 1. The average molecular weight is 439 g/mol. The van der Waals surface area contributed by atoms with Gasteiger partial charge in [0.2, 0.25) is 5.91 Å². The minimum absolute atomic E-state index is 0.0726. The topological polar surface area (TPSA) is 117 Å². The molecule has 0 radical (unpaired) electrons. The second kappa shape index (κ2) is 8.99. The fraction of sp³-hybridized carbons (Fsp3) is 0.364. The molecule has 9 heteroatoms. The first kappa shape index (κ1) is 21.2. The molecule has 2 amide bonds. The van der Waals surface area contributed by atoms with Crippen molar-refractivity contribution in [3.63, 3.8) is 0 Å². The fourth-order valence-corrected chi connectivity index (χ4v) is 4.71. The Balaban J connectivity index is 1.46. The van der Waals surface area contributed by atoms with Crippen molar-refractivity contribution in [1.82, 2.24) is 19.9 Å². The normalized spacial score (nSPS) is 16.9. The van der Waals surface area contributed by atoms with Gasteiger partial charge in [-0.15, -0.1) is 11.3 Å². The van der Waals surface area contributed by atoms with Crippen LogP contribution in [0.3, 0.4) is 0 Å². The number of anilines is 1. The van der Waals surface area contributed by atoms with Gasteiger partial charge in [-0.2, -0.15) is 0 Å². The summed E-state index contributed by atoms with van der Waals surface area (Å²) in [5.74, 6) is 0.237. The summed E-state index contributed by atoms with van der Waals surface area (Å²) >= 11 is 1.49. The summed E-state index contributed by atoms with van der Waals surface area (Å²) < 4.78 is 0. The van der Waals surface area contributed by atoms with E-state index in [-0.39, 0.29) is 11.8 Å². The predicted octanol–water partition coefficient (Wildman–Crippen LogP) is 3.07. The number of nitrogens with zero attached hydrogens (tertiary/aromatic N) is 3. The Labute approximate surface area is 184 Å². The molecule has 0 bridgehead atoms. The van der Waals surface area contributed by atoms with E-state index < -0.39 is 5.91 Å². The molecule has 31 heavy (non-hydrogen) atoms. The van der Waals surface area contributed by atoms with E-state index in [0.717, 1.165) is 41.3 Å². The van der Waals surface area contributed by atoms with Gasteiger partial charge in [-0.3, -0.25) is 14.5 Å². The van der Waals surface area contributed by atoms with E-state index in [1.165, 1.54) is 11.3 Å². The first-order valence-electron chi connectivity index (χ1n) is 10.3. The van der Waals surface area contributed by atoms with Gasteiger partial charge in [0.15, 0.2) is 5.13 Å². The Kier molecular flexibility index (Phi) is 6.15. The molecule has 0 unspecified atom stereocenters. The van der Waals surface area contributed by atoms with Crippen molar-refractivity contribution in [2.45, 2.75) is 32.6 Å². The number of primary amides is 1. The third kappa shape index (κ3) is 4.83. The van der Waals surface area contributed by atoms with Gasteiger partial charge >= 0.3 is 0 Å². The lowest BCUT2D eigenvalue weighted by Crippen LogP contribution is -2.40. The van der Waals surface area contributed by atoms with Crippen LogP contribution in [0.2, 0.25) is 0 Å². The first-order chi connectivity index (χ1) is 14.9. The van der Waals surface area contributed by atoms with E-state index in [1.54, 1.807) is 0 Å². The van der Waals surface area contributed by atoms with E-state index in [9.17, 15) is 9.59 Å². The number of benzene rings is 1. The van der Waals surface area contributed by atoms with Gasteiger partial charge in [0.05, 0.1) is 12.2 Å². The molecule has 1 saturated heterocycles. The second-order valence-corrected chi connectivity index (χ2v) is 9.06. The van der Waals surface area contributed by atoms with Crippen molar-refractivity contribution >= 4 is 28.3 Å². The lowest BCUT2D eigenvalue weighted by Gasteiger charge is -2.31. The van der Waals surface area contributed by atoms with Gasteiger partial charge in [0.25, 0.3) is 5.91 Å². The van der Waals surface area contributed by atoms with Crippen LogP contribution in [0.1, 0.15) is 45.6 Å². The monoisotopic (exact) mass is 438 g/mol. The molecule has 162 valence electrons. The summed E-state index contributed by atoms with van der Waals surface area (Å²) in [6, 6.07) is 9.54. The number of carbonyl (C=O) groups is 2. The van der Waals surface area contributed by atoms with Crippen molar-refractivity contribution in [2.24, 2.45) is 5.73 Å². The fourth-order valence-electron chi connectivity index (χ4n) is 3.88. The molecule has 8 nitrogen and oxygen atoms in total. The summed E-state index contributed by atoms with van der Waals surface area (Å²) in [7, 11) is 0. The molecule has 1 aliphatic heterocycles. The molecular formula is C22H26N6O2S. The zero-order valence-electron chi connectivity index (χ0n) is 17.6. The van der Waals surface area contributed by atoms with Crippen LogP contribution in [0, 0.1) is 13.8 Å². The maximum atomic E-state index is 12.5. The predicted molar refractivity (Wildman–Crippen MR) is 121 cm³/mol. The minimum atomic E-state index is -0.529. The SMILES string of the molecule is Cc1nc(NC(=O)CN2CCC[C@H](c3nc(-c4ccccc4)c(C(N)=O)[nH]3)C2)sc1C. The lowest BCUT2D eigenvalue weighted by molar-refractivity contribution is -0.117. The quantitative estimate of drug-likeness (QED) is 0.547. The number of nitrogens with two attached hydrogens (primary N) is 1. The standard InChI is InChI=1S/C22H26N6O2S/c1-13-14(2)31-22(24-13)25-17(29)12-28-10-6-9-16(11-28)21-26-18(19(27-21)20(23)30)15-7-4-3-5-8-15/h3-5,7-8,16H,6,9-12H2,1-2H3,(H2,23,30)(H,26,27)(H,24,25,29)/t16-/m0/s1. The molecule has 1 aliphatic rings. The Morgan fingerprint density at radius 3 is 2.71 bits per heavy atom. The molecule has 1 atom stereocenters. The summed E-state index contributed by atoms with van der Waals surface area (Å²) in [5.41, 5.74) is 8.28. The molecule has 4 N–H and O–H groups in total. The molecule has 1 fully saturated rings. The molecule has 0 aliphatic carbocycles. The number of amides is 2. The van der Waals surface area contributed by atoms with Crippen LogP contribution in [0.4, 0.5) is 5.13 Å². The molecular weight excluding hydrogens is 412 g/mol. The van der Waals surface area contributed by atoms with Crippen LogP contribution >= 0.6 is 11.3 Å². The molecule has 4 rings (SSSR count). The van der Waals surface area contributed by atoms with Crippen molar-refractivity contribution in [2.75, 3.05) is 25.0 Å². The Morgan fingerprint density at radius 2 is 2.03 bits per heavy atom. The number of carbonyl (C=O) groups excluding carboxylic acids is 2. The van der Waals surface area contributed by atoms with E-state index in [1.807, 2.05) is 44.2 Å². The third-order valence-electron chi connectivity index (χ3n) is 5.55. The summed E-state index contributed by atoms with van der Waals surface area (Å²) in [6.45, 7) is 5.75. The van der Waals surface area contributed by atoms with E-state index in [0.29, 0.717) is 29.6 Å². The maximum Gasteiger partial charge on any atom is 0.267 e. The highest BCUT2D eigenvalue weighted by molar-refractivity contribution is 7.15. The number of piperidine rings is 1. The number of nitrogens with one attached hydrogen (secondary N) is 2. The van der Waals surface area contributed by atoms with Gasteiger partial charge in [-0.05, 0) is 33.2 Å². The van der Waals surface area contributed by atoms with Crippen molar-refractivity contribution < 1.29 is 9.59 Å². The van der Waals surface area contributed by atoms with Gasteiger partial charge in [0, 0.05) is 22.9 Å². The summed E-state index contributed by atoms with van der Waals surface area (Å²) in [6.07, 6.45) is 1.88. The Hall–Kier alpha value is -3.04. The summed E-state index contributed by atoms with van der Waals surface area (Å²) in [5, 5.41) is 3.53. The third-order valence-corrected chi connectivity index (χ3v) is 6.54. The van der Waals surface area contributed by atoms with Crippen LogP contribution in [0.5, 0.6) is 0 Å². The van der Waals surface area contributed by atoms with Gasteiger partial charge in [-0.1, -0.05) is 30.3 Å². The first-order valence-corrected chi connectivity index (χ1v) is 11.1. The molecule has 0 saturated carbocycles. The number of thiazole rings is 1. The van der Waals surface area contributed by atoms with E-state index in [2.05, 4.69) is 20.2 Å². The number of hydrogen-bond donors (Lipinski definition) is 3. The van der Waals surface area contributed by atoms with Crippen LogP contribution < -0.4 is 11.1 Å². The summed E-state index contributed by atoms with van der Waals surface area (Å²) in [4.78, 5) is 40.0. The van der Waals surface area contributed by atoms with Crippen LogP contribution in [-0.4, -0.2) is 51.3 Å². The zero-order valence-corrected chi connectivity index (χ0v) is 18.5. The molecule has 2 aromatic heterocycles.